The molecule has 0 saturated heterocycles. The number of furan rings is 1. The van der Waals surface area contributed by atoms with E-state index in [1.165, 1.54) is 30.2 Å². The Morgan fingerprint density at radius 1 is 1.17 bits per heavy atom. The topological polar surface area (TPSA) is 112 Å². The number of nitro benzene ring substituents is 1. The van der Waals surface area contributed by atoms with E-state index < -0.39 is 23.4 Å². The number of nitrogens with one attached hydrogen (secondary N) is 1. The third-order valence-electron chi connectivity index (χ3n) is 4.01. The van der Waals surface area contributed by atoms with Crippen LogP contribution >= 0.6 is 11.8 Å². The number of nitrogens with zero attached hydrogens (tertiary/aromatic N) is 1. The molecule has 3 aromatic rings. The second-order valence-electron chi connectivity index (χ2n) is 6.29. The van der Waals surface area contributed by atoms with Crippen LogP contribution in [0.3, 0.4) is 0 Å². The second kappa shape index (κ2) is 9.75. The smallest absolute Gasteiger partial charge is 0.338 e. The van der Waals surface area contributed by atoms with Crippen molar-refractivity contribution in [3.05, 3.63) is 87.9 Å². The van der Waals surface area contributed by atoms with Crippen molar-refractivity contribution in [1.29, 1.82) is 0 Å². The van der Waals surface area contributed by atoms with Crippen molar-refractivity contribution in [3.8, 4) is 0 Å². The van der Waals surface area contributed by atoms with Crippen molar-refractivity contribution in [2.45, 2.75) is 23.3 Å². The Bertz CT molecular complexity index is 1050. The van der Waals surface area contributed by atoms with Crippen LogP contribution in [0.15, 0.2) is 75.1 Å². The van der Waals surface area contributed by atoms with E-state index in [9.17, 15) is 19.7 Å². The molecular formula is C21H18N2O6S. The number of carbonyl (C=O) groups is 2. The number of nitro groups is 1. The SMILES string of the molecule is Cc1ccc(Sc2ccc(C(=O)OCC(=O)NCc3ccco3)cc2[N+](=O)[O-])cc1. The first kappa shape index (κ1) is 21.1. The van der Waals surface area contributed by atoms with E-state index in [-0.39, 0.29) is 17.8 Å². The van der Waals surface area contributed by atoms with Crippen LogP contribution in [-0.2, 0) is 16.1 Å². The molecule has 1 aromatic heterocycles. The first-order chi connectivity index (χ1) is 14.4. The summed E-state index contributed by atoms with van der Waals surface area (Å²) in [5.74, 6) is -0.772. The van der Waals surface area contributed by atoms with Gasteiger partial charge in [0.2, 0.25) is 0 Å². The molecule has 0 aliphatic rings. The summed E-state index contributed by atoms with van der Waals surface area (Å²) < 4.78 is 10.0. The molecule has 3 rings (SSSR count). The van der Waals surface area contributed by atoms with Crippen molar-refractivity contribution >= 4 is 29.3 Å². The summed E-state index contributed by atoms with van der Waals surface area (Å²) in [5, 5.41) is 14.0. The maximum Gasteiger partial charge on any atom is 0.338 e. The lowest BCUT2D eigenvalue weighted by molar-refractivity contribution is -0.387. The minimum atomic E-state index is -0.821. The largest absolute Gasteiger partial charge is 0.467 e. The zero-order chi connectivity index (χ0) is 21.5. The number of amides is 1. The minimum absolute atomic E-state index is 0.00575. The fourth-order valence-corrected chi connectivity index (χ4v) is 3.37. The Morgan fingerprint density at radius 2 is 1.93 bits per heavy atom. The average Bonchev–Trinajstić information content (AvgIpc) is 3.26. The van der Waals surface area contributed by atoms with Gasteiger partial charge in [-0.05, 0) is 43.3 Å². The Hall–Kier alpha value is -3.59. The summed E-state index contributed by atoms with van der Waals surface area (Å²) in [5.41, 5.74) is 0.867. The van der Waals surface area contributed by atoms with E-state index in [2.05, 4.69) is 5.32 Å². The first-order valence-electron chi connectivity index (χ1n) is 8.91. The van der Waals surface area contributed by atoms with Gasteiger partial charge in [0.25, 0.3) is 11.6 Å². The van der Waals surface area contributed by atoms with Crippen LogP contribution in [0, 0.1) is 17.0 Å². The molecule has 0 unspecified atom stereocenters. The lowest BCUT2D eigenvalue weighted by atomic mass is 10.2. The molecule has 0 aliphatic carbocycles. The highest BCUT2D eigenvalue weighted by Crippen LogP contribution is 2.35. The number of carbonyl (C=O) groups excluding carboxylic acids is 2. The van der Waals surface area contributed by atoms with Crippen molar-refractivity contribution in [2.24, 2.45) is 0 Å². The van der Waals surface area contributed by atoms with E-state index in [1.807, 2.05) is 31.2 Å². The van der Waals surface area contributed by atoms with Crippen LogP contribution in [-0.4, -0.2) is 23.4 Å². The zero-order valence-corrected chi connectivity index (χ0v) is 16.8. The molecular weight excluding hydrogens is 408 g/mol. The monoisotopic (exact) mass is 426 g/mol. The minimum Gasteiger partial charge on any atom is -0.467 e. The van der Waals surface area contributed by atoms with E-state index in [0.29, 0.717) is 10.7 Å². The van der Waals surface area contributed by atoms with Gasteiger partial charge in [0.1, 0.15) is 5.76 Å². The molecule has 1 heterocycles. The molecule has 30 heavy (non-hydrogen) atoms. The molecule has 0 bridgehead atoms. The fraction of sp³-hybridized carbons (Fsp3) is 0.143. The standard InChI is InChI=1S/C21H18N2O6S/c1-14-4-7-17(8-5-14)30-19-9-6-15(11-18(19)23(26)27)21(25)29-13-20(24)22-12-16-3-2-10-28-16/h2-11H,12-13H2,1H3,(H,22,24). The third-order valence-corrected chi connectivity index (χ3v) is 5.09. The Kier molecular flexibility index (Phi) is 6.87. The highest BCUT2D eigenvalue weighted by atomic mass is 32.2. The highest BCUT2D eigenvalue weighted by Gasteiger charge is 2.20. The summed E-state index contributed by atoms with van der Waals surface area (Å²) >= 11 is 1.23. The van der Waals surface area contributed by atoms with Crippen molar-refractivity contribution in [2.75, 3.05) is 6.61 Å². The molecule has 0 saturated carbocycles. The third kappa shape index (κ3) is 5.71. The van der Waals surface area contributed by atoms with Crippen LogP contribution in [0.2, 0.25) is 0 Å². The van der Waals surface area contributed by atoms with Gasteiger partial charge in [-0.25, -0.2) is 4.79 Å². The molecule has 1 N–H and O–H groups in total. The Labute approximate surface area is 176 Å². The van der Waals surface area contributed by atoms with Crippen LogP contribution in [0.4, 0.5) is 5.69 Å². The van der Waals surface area contributed by atoms with Crippen LogP contribution in [0.1, 0.15) is 21.7 Å². The molecule has 1 amide bonds. The predicted octanol–water partition coefficient (Wildman–Crippen LogP) is 4.12. The van der Waals surface area contributed by atoms with E-state index in [0.717, 1.165) is 16.5 Å². The van der Waals surface area contributed by atoms with Crippen LogP contribution in [0.5, 0.6) is 0 Å². The summed E-state index contributed by atoms with van der Waals surface area (Å²) in [4.78, 5) is 36.2. The van der Waals surface area contributed by atoms with E-state index in [1.54, 1.807) is 12.1 Å². The van der Waals surface area contributed by atoms with E-state index >= 15 is 0 Å². The average molecular weight is 426 g/mol. The van der Waals surface area contributed by atoms with Gasteiger partial charge in [0.05, 0.1) is 28.2 Å². The predicted molar refractivity (Wildman–Crippen MR) is 109 cm³/mol. The van der Waals surface area contributed by atoms with E-state index in [4.69, 9.17) is 9.15 Å². The lowest BCUT2D eigenvalue weighted by Crippen LogP contribution is -2.28. The highest BCUT2D eigenvalue weighted by molar-refractivity contribution is 7.99. The van der Waals surface area contributed by atoms with Gasteiger partial charge in [-0.15, -0.1) is 0 Å². The maximum absolute atomic E-state index is 12.2. The number of rotatable bonds is 8. The van der Waals surface area contributed by atoms with Crippen LogP contribution in [0.25, 0.3) is 0 Å². The molecule has 8 nitrogen and oxygen atoms in total. The molecule has 0 radical (unpaired) electrons. The molecule has 2 aromatic carbocycles. The normalized spacial score (nSPS) is 10.4. The molecule has 9 heteroatoms. The number of esters is 1. The van der Waals surface area contributed by atoms with Crippen molar-refractivity contribution in [1.82, 2.24) is 5.32 Å². The van der Waals surface area contributed by atoms with Gasteiger partial charge < -0.3 is 14.5 Å². The number of ether oxygens (including phenoxy) is 1. The maximum atomic E-state index is 12.2. The van der Waals surface area contributed by atoms with Crippen molar-refractivity contribution < 1.29 is 23.7 Å². The second-order valence-corrected chi connectivity index (χ2v) is 7.40. The molecule has 0 fully saturated rings. The molecule has 154 valence electrons. The number of aryl methyl sites for hydroxylation is 1. The Morgan fingerprint density at radius 3 is 2.60 bits per heavy atom. The summed E-state index contributed by atoms with van der Waals surface area (Å²) in [6.07, 6.45) is 1.48. The van der Waals surface area contributed by atoms with Crippen molar-refractivity contribution in [3.63, 3.8) is 0 Å². The first-order valence-corrected chi connectivity index (χ1v) is 9.73. The quantitative estimate of drug-likeness (QED) is 0.327. The number of hydrogen-bond donors (Lipinski definition) is 1. The number of hydrogen-bond acceptors (Lipinski definition) is 7. The van der Waals surface area contributed by atoms with Gasteiger partial charge in [-0.2, -0.15) is 0 Å². The fourth-order valence-electron chi connectivity index (χ4n) is 2.47. The number of benzene rings is 2. The molecule has 0 atom stereocenters. The lowest BCUT2D eigenvalue weighted by Gasteiger charge is -2.07. The molecule has 0 aliphatic heterocycles. The summed E-state index contributed by atoms with van der Waals surface area (Å²) in [7, 11) is 0. The van der Waals surface area contributed by atoms with Gasteiger partial charge >= 0.3 is 5.97 Å². The van der Waals surface area contributed by atoms with Gasteiger partial charge in [0.15, 0.2) is 6.61 Å². The van der Waals surface area contributed by atoms with Gasteiger partial charge in [-0.3, -0.25) is 14.9 Å². The van der Waals surface area contributed by atoms with Crippen LogP contribution < -0.4 is 5.32 Å². The summed E-state index contributed by atoms with van der Waals surface area (Å²) in [6.45, 7) is 1.61. The summed E-state index contributed by atoms with van der Waals surface area (Å²) in [6, 6.07) is 15.0. The van der Waals surface area contributed by atoms with Gasteiger partial charge in [-0.1, -0.05) is 29.5 Å². The Balaban J connectivity index is 1.62. The zero-order valence-electron chi connectivity index (χ0n) is 16.0. The molecule has 0 spiro atoms. The van der Waals surface area contributed by atoms with Gasteiger partial charge in [0, 0.05) is 11.0 Å².